The molecule has 0 saturated carbocycles. The van der Waals surface area contributed by atoms with E-state index < -0.39 is 0 Å². The third-order valence-electron chi connectivity index (χ3n) is 2.83. The van der Waals surface area contributed by atoms with Gasteiger partial charge in [0.15, 0.2) is 6.79 Å². The summed E-state index contributed by atoms with van der Waals surface area (Å²) in [7, 11) is 1.89. The number of aromatic nitrogens is 1. The Bertz CT molecular complexity index is 529. The van der Waals surface area contributed by atoms with Gasteiger partial charge in [-0.25, -0.2) is 0 Å². The van der Waals surface area contributed by atoms with Gasteiger partial charge in [-0.3, -0.25) is 4.98 Å². The van der Waals surface area contributed by atoms with Crippen molar-refractivity contribution in [2.24, 2.45) is 0 Å². The molecule has 4 heteroatoms. The Hall–Kier alpha value is -1.91. The molecular formula is C16H20N2O2. The summed E-state index contributed by atoms with van der Waals surface area (Å²) in [5.41, 5.74) is 3.01. The fourth-order valence-electron chi connectivity index (χ4n) is 1.86. The van der Waals surface area contributed by atoms with Gasteiger partial charge in [-0.1, -0.05) is 30.3 Å². The molecule has 0 atom stereocenters. The lowest BCUT2D eigenvalue weighted by atomic mass is 10.2. The summed E-state index contributed by atoms with van der Waals surface area (Å²) in [5.74, 6) is 0.762. The molecule has 0 spiro atoms. The predicted octanol–water partition coefficient (Wildman–Crippen LogP) is 2.66. The minimum atomic E-state index is 0.219. The first-order valence-corrected chi connectivity index (χ1v) is 6.65. The maximum absolute atomic E-state index is 5.64. The molecule has 1 heterocycles. The Morgan fingerprint density at radius 2 is 1.90 bits per heavy atom. The number of hydrogen-bond donors (Lipinski definition) is 1. The van der Waals surface area contributed by atoms with E-state index in [4.69, 9.17) is 9.47 Å². The normalized spacial score (nSPS) is 10.5. The van der Waals surface area contributed by atoms with Crippen molar-refractivity contribution >= 4 is 0 Å². The number of rotatable bonds is 7. The van der Waals surface area contributed by atoms with Crippen molar-refractivity contribution in [2.75, 3.05) is 13.8 Å². The molecule has 0 saturated heterocycles. The molecule has 4 nitrogen and oxygen atoms in total. The molecular weight excluding hydrogens is 252 g/mol. The number of ether oxygens (including phenoxy) is 2. The topological polar surface area (TPSA) is 43.4 Å². The van der Waals surface area contributed by atoms with E-state index in [1.807, 2.05) is 56.4 Å². The van der Waals surface area contributed by atoms with Gasteiger partial charge in [0.05, 0.1) is 12.3 Å². The van der Waals surface area contributed by atoms with Crippen molar-refractivity contribution in [1.82, 2.24) is 10.3 Å². The molecule has 1 aromatic carbocycles. The molecule has 2 aromatic rings. The largest absolute Gasteiger partial charge is 0.466 e. The highest BCUT2D eigenvalue weighted by atomic mass is 16.7. The molecule has 1 aromatic heterocycles. The molecule has 0 amide bonds. The quantitative estimate of drug-likeness (QED) is 0.621. The fourth-order valence-corrected chi connectivity index (χ4v) is 1.86. The van der Waals surface area contributed by atoms with Crippen LogP contribution in [0.3, 0.4) is 0 Å². The van der Waals surface area contributed by atoms with E-state index in [1.165, 1.54) is 0 Å². The van der Waals surface area contributed by atoms with Gasteiger partial charge < -0.3 is 14.8 Å². The van der Waals surface area contributed by atoms with E-state index in [0.717, 1.165) is 22.7 Å². The summed E-state index contributed by atoms with van der Waals surface area (Å²) >= 11 is 0. The van der Waals surface area contributed by atoms with E-state index in [0.29, 0.717) is 13.2 Å². The van der Waals surface area contributed by atoms with E-state index in [-0.39, 0.29) is 6.79 Å². The molecule has 0 bridgehead atoms. The molecule has 0 aliphatic carbocycles. The number of nitrogens with one attached hydrogen (secondary N) is 1. The molecule has 0 radical (unpaired) electrons. The van der Waals surface area contributed by atoms with Gasteiger partial charge in [0.1, 0.15) is 5.75 Å². The standard InChI is InChI=1S/C16H20N2O2/c1-13-8-9-16(15(18-13)10-17-2)20-12-19-11-14-6-4-3-5-7-14/h3-9,17H,10-12H2,1-2H3. The molecule has 0 fully saturated rings. The van der Waals surface area contributed by atoms with Gasteiger partial charge in [0.25, 0.3) is 0 Å². The van der Waals surface area contributed by atoms with Crippen molar-refractivity contribution in [1.29, 1.82) is 0 Å². The lowest BCUT2D eigenvalue weighted by Gasteiger charge is -2.11. The average Bonchev–Trinajstić information content (AvgIpc) is 2.47. The van der Waals surface area contributed by atoms with Crippen LogP contribution in [-0.4, -0.2) is 18.8 Å². The van der Waals surface area contributed by atoms with E-state index in [2.05, 4.69) is 10.3 Å². The minimum Gasteiger partial charge on any atom is -0.466 e. The average molecular weight is 272 g/mol. The second kappa shape index (κ2) is 7.62. The van der Waals surface area contributed by atoms with Gasteiger partial charge in [-0.2, -0.15) is 0 Å². The second-order valence-corrected chi connectivity index (χ2v) is 4.52. The first kappa shape index (κ1) is 14.5. The summed E-state index contributed by atoms with van der Waals surface area (Å²) in [4.78, 5) is 4.46. The number of aryl methyl sites for hydroxylation is 1. The second-order valence-electron chi connectivity index (χ2n) is 4.52. The van der Waals surface area contributed by atoms with Crippen LogP contribution in [0.1, 0.15) is 17.0 Å². The van der Waals surface area contributed by atoms with Crippen LogP contribution in [0.4, 0.5) is 0 Å². The van der Waals surface area contributed by atoms with Gasteiger partial charge in [0.2, 0.25) is 0 Å². The van der Waals surface area contributed by atoms with Crippen molar-refractivity contribution in [3.63, 3.8) is 0 Å². The highest BCUT2D eigenvalue weighted by molar-refractivity contribution is 5.29. The lowest BCUT2D eigenvalue weighted by Crippen LogP contribution is -2.11. The highest BCUT2D eigenvalue weighted by Crippen LogP contribution is 2.16. The zero-order valence-electron chi connectivity index (χ0n) is 11.9. The molecule has 2 rings (SSSR count). The van der Waals surface area contributed by atoms with Crippen molar-refractivity contribution in [3.05, 3.63) is 59.4 Å². The summed E-state index contributed by atoms with van der Waals surface area (Å²) in [6.45, 7) is 3.41. The number of pyridine rings is 1. The predicted molar refractivity (Wildman–Crippen MR) is 78.5 cm³/mol. The monoisotopic (exact) mass is 272 g/mol. The van der Waals surface area contributed by atoms with E-state index in [9.17, 15) is 0 Å². The smallest absolute Gasteiger partial charge is 0.189 e. The lowest BCUT2D eigenvalue weighted by molar-refractivity contribution is 0.00424. The molecule has 0 aliphatic rings. The van der Waals surface area contributed by atoms with Gasteiger partial charge in [-0.05, 0) is 31.7 Å². The van der Waals surface area contributed by atoms with E-state index >= 15 is 0 Å². The number of hydrogen-bond acceptors (Lipinski definition) is 4. The maximum Gasteiger partial charge on any atom is 0.189 e. The zero-order chi connectivity index (χ0) is 14.2. The van der Waals surface area contributed by atoms with Gasteiger partial charge in [0, 0.05) is 12.2 Å². The third kappa shape index (κ3) is 4.33. The maximum atomic E-state index is 5.64. The Morgan fingerprint density at radius 1 is 1.10 bits per heavy atom. The summed E-state index contributed by atoms with van der Waals surface area (Å²) < 4.78 is 11.2. The van der Waals surface area contributed by atoms with Crippen LogP contribution in [0, 0.1) is 6.92 Å². The third-order valence-corrected chi connectivity index (χ3v) is 2.83. The van der Waals surface area contributed by atoms with E-state index in [1.54, 1.807) is 0 Å². The highest BCUT2D eigenvalue weighted by Gasteiger charge is 2.05. The molecule has 0 unspecified atom stereocenters. The van der Waals surface area contributed by atoms with Crippen molar-refractivity contribution in [3.8, 4) is 5.75 Å². The summed E-state index contributed by atoms with van der Waals surface area (Å²) in [6, 6.07) is 13.9. The number of nitrogens with zero attached hydrogens (tertiary/aromatic N) is 1. The van der Waals surface area contributed by atoms with Crippen LogP contribution >= 0.6 is 0 Å². The Balaban J connectivity index is 1.84. The summed E-state index contributed by atoms with van der Waals surface area (Å²) in [5, 5.41) is 3.08. The van der Waals surface area contributed by atoms with Gasteiger partial charge in [-0.15, -0.1) is 0 Å². The Labute approximate surface area is 119 Å². The first-order valence-electron chi connectivity index (χ1n) is 6.65. The van der Waals surface area contributed by atoms with Gasteiger partial charge >= 0.3 is 0 Å². The molecule has 106 valence electrons. The SMILES string of the molecule is CNCc1nc(C)ccc1OCOCc1ccccc1. The summed E-state index contributed by atoms with van der Waals surface area (Å²) in [6.07, 6.45) is 0. The molecule has 0 aliphatic heterocycles. The molecule has 20 heavy (non-hydrogen) atoms. The first-order chi connectivity index (χ1) is 9.79. The zero-order valence-corrected chi connectivity index (χ0v) is 11.9. The van der Waals surface area contributed by atoms with Crippen molar-refractivity contribution in [2.45, 2.75) is 20.1 Å². The Kier molecular flexibility index (Phi) is 5.53. The van der Waals surface area contributed by atoms with Crippen molar-refractivity contribution < 1.29 is 9.47 Å². The fraction of sp³-hybridized carbons (Fsp3) is 0.312. The minimum absolute atomic E-state index is 0.219. The van der Waals surface area contributed by atoms with Crippen LogP contribution in [0.5, 0.6) is 5.75 Å². The molecule has 1 N–H and O–H groups in total. The van der Waals surface area contributed by atoms with Crippen LogP contribution in [0.2, 0.25) is 0 Å². The van der Waals surface area contributed by atoms with Crippen LogP contribution < -0.4 is 10.1 Å². The van der Waals surface area contributed by atoms with Crippen LogP contribution in [0.25, 0.3) is 0 Å². The van der Waals surface area contributed by atoms with Crippen LogP contribution in [0.15, 0.2) is 42.5 Å². The Morgan fingerprint density at radius 3 is 2.65 bits per heavy atom. The van der Waals surface area contributed by atoms with Crippen LogP contribution in [-0.2, 0) is 17.9 Å². The number of benzene rings is 1.